The highest BCUT2D eigenvalue weighted by Crippen LogP contribution is 2.48. The van der Waals surface area contributed by atoms with E-state index in [-0.39, 0.29) is 5.41 Å². The highest BCUT2D eigenvalue weighted by atomic mass is 16.5. The topological polar surface area (TPSA) is 33.0 Å². The third-order valence-electron chi connectivity index (χ3n) is 2.99. The van der Waals surface area contributed by atoms with Gasteiger partial charge in [0, 0.05) is 6.61 Å². The molecule has 13 heavy (non-hydrogen) atoms. The molecule has 0 radical (unpaired) electrons. The van der Waals surface area contributed by atoms with Crippen LogP contribution in [-0.2, 0) is 4.74 Å². The van der Waals surface area contributed by atoms with Crippen molar-refractivity contribution < 1.29 is 4.74 Å². The van der Waals surface area contributed by atoms with E-state index in [1.54, 1.807) is 0 Å². The van der Waals surface area contributed by atoms with E-state index in [1.165, 1.54) is 0 Å². The highest BCUT2D eigenvalue weighted by Gasteiger charge is 2.49. The van der Waals surface area contributed by atoms with E-state index < -0.39 is 5.60 Å². The Labute approximate surface area is 80.9 Å². The van der Waals surface area contributed by atoms with Crippen molar-refractivity contribution in [3.63, 3.8) is 0 Å². The second kappa shape index (κ2) is 3.31. The third kappa shape index (κ3) is 1.86. The molecule has 1 aliphatic carbocycles. The van der Waals surface area contributed by atoms with Crippen LogP contribution in [0, 0.1) is 22.7 Å². The van der Waals surface area contributed by atoms with Crippen LogP contribution in [0.1, 0.15) is 40.5 Å². The van der Waals surface area contributed by atoms with Crippen molar-refractivity contribution in [1.82, 2.24) is 0 Å². The summed E-state index contributed by atoms with van der Waals surface area (Å²) in [6.45, 7) is 9.13. The van der Waals surface area contributed by atoms with E-state index in [4.69, 9.17) is 4.74 Å². The molecule has 2 heteroatoms. The fraction of sp³-hybridized carbons (Fsp3) is 0.909. The normalized spacial score (nSPS) is 37.3. The zero-order valence-electron chi connectivity index (χ0n) is 9.05. The van der Waals surface area contributed by atoms with Gasteiger partial charge in [-0.2, -0.15) is 5.26 Å². The number of nitriles is 1. The summed E-state index contributed by atoms with van der Waals surface area (Å²) >= 11 is 0. The molecule has 0 heterocycles. The lowest BCUT2D eigenvalue weighted by Crippen LogP contribution is -2.34. The fourth-order valence-electron chi connectivity index (χ4n) is 2.58. The van der Waals surface area contributed by atoms with Crippen LogP contribution < -0.4 is 0 Å². The average molecular weight is 181 g/mol. The molecule has 1 aliphatic rings. The van der Waals surface area contributed by atoms with Crippen molar-refractivity contribution in [2.75, 3.05) is 6.61 Å². The lowest BCUT2D eigenvalue weighted by Gasteiger charge is -2.26. The number of rotatable bonds is 2. The summed E-state index contributed by atoms with van der Waals surface area (Å²) in [6, 6.07) is 2.36. The average Bonchev–Trinajstić information content (AvgIpc) is 2.23. The highest BCUT2D eigenvalue weighted by molar-refractivity contribution is 5.12. The second-order valence-corrected chi connectivity index (χ2v) is 4.88. The van der Waals surface area contributed by atoms with Gasteiger partial charge in [0.1, 0.15) is 0 Å². The first-order valence-electron chi connectivity index (χ1n) is 5.01. The standard InChI is InChI=1S/C11H19NO/c1-5-13-11(8-12)7-10(3,4)6-9(11)2/h9H,5-7H2,1-4H3. The first-order valence-corrected chi connectivity index (χ1v) is 5.01. The lowest BCUT2D eigenvalue weighted by molar-refractivity contribution is -0.0213. The summed E-state index contributed by atoms with van der Waals surface area (Å²) in [7, 11) is 0. The second-order valence-electron chi connectivity index (χ2n) is 4.88. The maximum Gasteiger partial charge on any atom is 0.157 e. The van der Waals surface area contributed by atoms with E-state index in [0.717, 1.165) is 12.8 Å². The summed E-state index contributed by atoms with van der Waals surface area (Å²) in [4.78, 5) is 0. The molecule has 2 nitrogen and oxygen atoms in total. The number of nitrogens with zero attached hydrogens (tertiary/aromatic N) is 1. The number of ether oxygens (including phenoxy) is 1. The van der Waals surface area contributed by atoms with E-state index in [9.17, 15) is 5.26 Å². The van der Waals surface area contributed by atoms with E-state index in [2.05, 4.69) is 26.8 Å². The van der Waals surface area contributed by atoms with Gasteiger partial charge in [0.25, 0.3) is 0 Å². The molecule has 0 spiro atoms. The maximum absolute atomic E-state index is 9.18. The first-order chi connectivity index (χ1) is 5.96. The molecule has 1 fully saturated rings. The zero-order valence-corrected chi connectivity index (χ0v) is 9.05. The van der Waals surface area contributed by atoms with Crippen LogP contribution in [-0.4, -0.2) is 12.2 Å². The predicted octanol–water partition coefficient (Wildman–Crippen LogP) is 2.74. The molecule has 0 N–H and O–H groups in total. The van der Waals surface area contributed by atoms with Crippen LogP contribution in [0.3, 0.4) is 0 Å². The van der Waals surface area contributed by atoms with Crippen LogP contribution >= 0.6 is 0 Å². The monoisotopic (exact) mass is 181 g/mol. The summed E-state index contributed by atoms with van der Waals surface area (Å²) in [6.07, 6.45) is 1.95. The van der Waals surface area contributed by atoms with Gasteiger partial charge < -0.3 is 4.74 Å². The Morgan fingerprint density at radius 1 is 1.54 bits per heavy atom. The summed E-state index contributed by atoms with van der Waals surface area (Å²) in [5.74, 6) is 0.354. The molecule has 0 aromatic heterocycles. The summed E-state index contributed by atoms with van der Waals surface area (Å²) < 4.78 is 5.63. The zero-order chi connectivity index (χ0) is 10.1. The van der Waals surface area contributed by atoms with Gasteiger partial charge in [-0.25, -0.2) is 0 Å². The lowest BCUT2D eigenvalue weighted by atomic mass is 9.89. The van der Waals surface area contributed by atoms with Crippen molar-refractivity contribution in [3.8, 4) is 6.07 Å². The quantitative estimate of drug-likeness (QED) is 0.656. The van der Waals surface area contributed by atoms with Gasteiger partial charge in [-0.3, -0.25) is 0 Å². The van der Waals surface area contributed by atoms with E-state index >= 15 is 0 Å². The van der Waals surface area contributed by atoms with Crippen LogP contribution in [0.15, 0.2) is 0 Å². The van der Waals surface area contributed by atoms with Crippen molar-refractivity contribution in [2.45, 2.75) is 46.1 Å². The summed E-state index contributed by atoms with van der Waals surface area (Å²) in [5.41, 5.74) is -0.261. The van der Waals surface area contributed by atoms with Gasteiger partial charge in [0.05, 0.1) is 6.07 Å². The van der Waals surface area contributed by atoms with E-state index in [0.29, 0.717) is 12.5 Å². The minimum absolute atomic E-state index is 0.254. The largest absolute Gasteiger partial charge is 0.360 e. The van der Waals surface area contributed by atoms with Gasteiger partial charge >= 0.3 is 0 Å². The molecule has 1 saturated carbocycles. The molecular weight excluding hydrogens is 162 g/mol. The van der Waals surface area contributed by atoms with Crippen LogP contribution in [0.2, 0.25) is 0 Å². The van der Waals surface area contributed by atoms with Crippen LogP contribution in [0.25, 0.3) is 0 Å². The Kier molecular flexibility index (Phi) is 2.68. The smallest absolute Gasteiger partial charge is 0.157 e. The molecule has 0 amide bonds. The van der Waals surface area contributed by atoms with Gasteiger partial charge in [0.15, 0.2) is 5.60 Å². The van der Waals surface area contributed by atoms with Gasteiger partial charge in [0.2, 0.25) is 0 Å². The molecule has 0 aromatic rings. The Morgan fingerprint density at radius 3 is 2.46 bits per heavy atom. The minimum atomic E-state index is -0.516. The van der Waals surface area contributed by atoms with Gasteiger partial charge in [-0.15, -0.1) is 0 Å². The molecular formula is C11H19NO. The Bertz CT molecular complexity index is 229. The molecule has 74 valence electrons. The molecule has 2 unspecified atom stereocenters. The van der Waals surface area contributed by atoms with E-state index in [1.807, 2.05) is 6.92 Å². The maximum atomic E-state index is 9.18. The Hall–Kier alpha value is -0.550. The molecule has 2 atom stereocenters. The van der Waals surface area contributed by atoms with Gasteiger partial charge in [-0.05, 0) is 31.1 Å². The SMILES string of the molecule is CCOC1(C#N)CC(C)(C)CC1C. The van der Waals surface area contributed by atoms with Crippen LogP contribution in [0.4, 0.5) is 0 Å². The van der Waals surface area contributed by atoms with Crippen molar-refractivity contribution in [3.05, 3.63) is 0 Å². The summed E-state index contributed by atoms with van der Waals surface area (Å²) in [5, 5.41) is 9.18. The van der Waals surface area contributed by atoms with Crippen molar-refractivity contribution in [1.29, 1.82) is 5.26 Å². The number of hydrogen-bond acceptors (Lipinski definition) is 2. The van der Waals surface area contributed by atoms with Crippen LogP contribution in [0.5, 0.6) is 0 Å². The van der Waals surface area contributed by atoms with Crippen molar-refractivity contribution >= 4 is 0 Å². The van der Waals surface area contributed by atoms with Gasteiger partial charge in [-0.1, -0.05) is 20.8 Å². The number of hydrogen-bond donors (Lipinski definition) is 0. The van der Waals surface area contributed by atoms with Crippen molar-refractivity contribution in [2.24, 2.45) is 11.3 Å². The molecule has 0 aliphatic heterocycles. The molecule has 1 rings (SSSR count). The Morgan fingerprint density at radius 2 is 2.15 bits per heavy atom. The first kappa shape index (κ1) is 10.5. The predicted molar refractivity (Wildman–Crippen MR) is 52.1 cm³/mol. The third-order valence-corrected chi connectivity index (χ3v) is 2.99. The Balaban J connectivity index is 2.84. The molecule has 0 bridgehead atoms. The molecule has 0 aromatic carbocycles. The molecule has 0 saturated heterocycles. The minimum Gasteiger partial charge on any atom is -0.360 e. The fourth-order valence-corrected chi connectivity index (χ4v) is 2.58.